The number of imidazole rings is 1. The molecule has 0 aliphatic rings. The molecule has 4 aromatic rings. The van der Waals surface area contributed by atoms with Crippen molar-refractivity contribution in [2.75, 3.05) is 6.61 Å². The van der Waals surface area contributed by atoms with Crippen molar-refractivity contribution in [3.8, 4) is 28.3 Å². The van der Waals surface area contributed by atoms with E-state index in [-0.39, 0.29) is 6.61 Å². The van der Waals surface area contributed by atoms with E-state index in [1.54, 1.807) is 0 Å². The first-order valence-electron chi connectivity index (χ1n) is 8.75. The number of aliphatic hydroxyl groups excluding tert-OH is 1. The van der Waals surface area contributed by atoms with Gasteiger partial charge in [0.2, 0.25) is 0 Å². The van der Waals surface area contributed by atoms with E-state index in [2.05, 4.69) is 59.3 Å². The zero-order valence-electron chi connectivity index (χ0n) is 14.4. The fourth-order valence-corrected chi connectivity index (χ4v) is 3.07. The summed E-state index contributed by atoms with van der Waals surface area (Å²) in [5, 5.41) is 9.11. The third kappa shape index (κ3) is 3.30. The summed E-state index contributed by atoms with van der Waals surface area (Å²) in [7, 11) is 0. The van der Waals surface area contributed by atoms with Crippen LogP contribution in [0, 0.1) is 0 Å². The molecule has 0 amide bonds. The standard InChI is InChI=1S/C23H20N2O/c26-16-15-18-11-13-21(14-12-18)25-17-22(19-7-3-1-4-8-19)24-23(25)20-9-5-2-6-10-20/h1-14,17,26H,15-16H2. The van der Waals surface area contributed by atoms with E-state index < -0.39 is 0 Å². The zero-order chi connectivity index (χ0) is 17.8. The van der Waals surface area contributed by atoms with Gasteiger partial charge in [0.1, 0.15) is 5.82 Å². The minimum Gasteiger partial charge on any atom is -0.396 e. The first-order valence-corrected chi connectivity index (χ1v) is 8.75. The molecule has 0 unspecified atom stereocenters. The number of aliphatic hydroxyl groups is 1. The van der Waals surface area contributed by atoms with E-state index in [1.165, 1.54) is 0 Å². The summed E-state index contributed by atoms with van der Waals surface area (Å²) in [6.07, 6.45) is 2.75. The van der Waals surface area contributed by atoms with Crippen LogP contribution in [0.5, 0.6) is 0 Å². The molecule has 0 radical (unpaired) electrons. The number of hydrogen-bond acceptors (Lipinski definition) is 2. The predicted molar refractivity (Wildman–Crippen MR) is 105 cm³/mol. The summed E-state index contributed by atoms with van der Waals surface area (Å²) in [4.78, 5) is 4.91. The average Bonchev–Trinajstić information content (AvgIpc) is 3.16. The van der Waals surface area contributed by atoms with Crippen molar-refractivity contribution in [1.29, 1.82) is 0 Å². The molecular weight excluding hydrogens is 320 g/mol. The van der Waals surface area contributed by atoms with Gasteiger partial charge in [0.25, 0.3) is 0 Å². The average molecular weight is 340 g/mol. The molecule has 0 aliphatic heterocycles. The van der Waals surface area contributed by atoms with Gasteiger partial charge in [-0.05, 0) is 24.1 Å². The lowest BCUT2D eigenvalue weighted by Crippen LogP contribution is -1.97. The van der Waals surface area contributed by atoms with Crippen LogP contribution in [-0.4, -0.2) is 21.3 Å². The maximum Gasteiger partial charge on any atom is 0.145 e. The number of hydrogen-bond donors (Lipinski definition) is 1. The molecule has 128 valence electrons. The van der Waals surface area contributed by atoms with Gasteiger partial charge in [0.15, 0.2) is 0 Å². The molecule has 3 aromatic carbocycles. The van der Waals surface area contributed by atoms with Crippen LogP contribution in [0.4, 0.5) is 0 Å². The molecular formula is C23H20N2O. The van der Waals surface area contributed by atoms with Crippen molar-refractivity contribution in [3.05, 3.63) is 96.7 Å². The second-order valence-electron chi connectivity index (χ2n) is 6.19. The maximum atomic E-state index is 9.11. The van der Waals surface area contributed by atoms with Crippen molar-refractivity contribution in [3.63, 3.8) is 0 Å². The molecule has 3 heteroatoms. The summed E-state index contributed by atoms with van der Waals surface area (Å²) in [5.74, 6) is 0.916. The monoisotopic (exact) mass is 340 g/mol. The fraction of sp³-hybridized carbons (Fsp3) is 0.0870. The van der Waals surface area contributed by atoms with Crippen LogP contribution >= 0.6 is 0 Å². The first kappa shape index (κ1) is 16.3. The molecule has 1 aromatic heterocycles. The quantitative estimate of drug-likeness (QED) is 0.570. The molecule has 0 saturated heterocycles. The van der Waals surface area contributed by atoms with Crippen molar-refractivity contribution in [1.82, 2.24) is 9.55 Å². The Hall–Kier alpha value is -3.17. The van der Waals surface area contributed by atoms with E-state index in [9.17, 15) is 0 Å². The summed E-state index contributed by atoms with van der Waals surface area (Å²) in [5.41, 5.74) is 5.31. The second kappa shape index (κ2) is 7.38. The molecule has 4 rings (SSSR count). The Morgan fingerprint density at radius 2 is 1.35 bits per heavy atom. The Labute approximate surface area is 153 Å². The topological polar surface area (TPSA) is 38.0 Å². The van der Waals surface area contributed by atoms with Crippen LogP contribution in [0.1, 0.15) is 5.56 Å². The summed E-state index contributed by atoms with van der Waals surface area (Å²) < 4.78 is 2.13. The summed E-state index contributed by atoms with van der Waals surface area (Å²) >= 11 is 0. The van der Waals surface area contributed by atoms with Crippen LogP contribution in [0.25, 0.3) is 28.3 Å². The van der Waals surface area contributed by atoms with Gasteiger partial charge in [0.05, 0.1) is 5.69 Å². The van der Waals surface area contributed by atoms with Gasteiger partial charge in [0, 0.05) is 29.6 Å². The highest BCUT2D eigenvalue weighted by Gasteiger charge is 2.12. The lowest BCUT2D eigenvalue weighted by Gasteiger charge is -2.08. The summed E-state index contributed by atoms with van der Waals surface area (Å²) in [6, 6.07) is 28.7. The van der Waals surface area contributed by atoms with Gasteiger partial charge >= 0.3 is 0 Å². The van der Waals surface area contributed by atoms with Crippen molar-refractivity contribution in [2.45, 2.75) is 6.42 Å². The van der Waals surface area contributed by atoms with Crippen molar-refractivity contribution in [2.24, 2.45) is 0 Å². The SMILES string of the molecule is OCCc1ccc(-n2cc(-c3ccccc3)nc2-c2ccccc2)cc1. The van der Waals surface area contributed by atoms with Crippen LogP contribution in [0.2, 0.25) is 0 Å². The zero-order valence-corrected chi connectivity index (χ0v) is 14.4. The van der Waals surface area contributed by atoms with E-state index >= 15 is 0 Å². The third-order valence-corrected chi connectivity index (χ3v) is 4.42. The number of aromatic nitrogens is 2. The Balaban J connectivity index is 1.83. The molecule has 0 fully saturated rings. The molecule has 0 saturated carbocycles. The summed E-state index contributed by atoms with van der Waals surface area (Å²) in [6.45, 7) is 0.165. The van der Waals surface area contributed by atoms with E-state index in [1.807, 2.05) is 36.4 Å². The lowest BCUT2D eigenvalue weighted by molar-refractivity contribution is 0.299. The van der Waals surface area contributed by atoms with E-state index in [0.717, 1.165) is 33.9 Å². The highest BCUT2D eigenvalue weighted by molar-refractivity contribution is 5.67. The van der Waals surface area contributed by atoms with Crippen LogP contribution in [-0.2, 0) is 6.42 Å². The highest BCUT2D eigenvalue weighted by atomic mass is 16.2. The molecule has 0 spiro atoms. The Morgan fingerprint density at radius 3 is 1.96 bits per heavy atom. The van der Waals surface area contributed by atoms with Gasteiger partial charge in [-0.25, -0.2) is 4.98 Å². The highest BCUT2D eigenvalue weighted by Crippen LogP contribution is 2.27. The fourth-order valence-electron chi connectivity index (χ4n) is 3.07. The molecule has 0 atom stereocenters. The van der Waals surface area contributed by atoms with Gasteiger partial charge in [-0.2, -0.15) is 0 Å². The largest absolute Gasteiger partial charge is 0.396 e. The van der Waals surface area contributed by atoms with Gasteiger partial charge in [-0.15, -0.1) is 0 Å². The molecule has 0 aliphatic carbocycles. The Kier molecular flexibility index (Phi) is 4.63. The van der Waals surface area contributed by atoms with Crippen LogP contribution in [0.3, 0.4) is 0 Å². The minimum atomic E-state index is 0.165. The first-order chi connectivity index (χ1) is 12.8. The lowest BCUT2D eigenvalue weighted by atomic mass is 10.1. The van der Waals surface area contributed by atoms with Gasteiger partial charge < -0.3 is 5.11 Å². The number of nitrogens with zero attached hydrogens (tertiary/aromatic N) is 2. The predicted octanol–water partition coefficient (Wildman–Crippen LogP) is 4.74. The third-order valence-electron chi connectivity index (χ3n) is 4.42. The molecule has 26 heavy (non-hydrogen) atoms. The Morgan fingerprint density at radius 1 is 0.731 bits per heavy atom. The number of benzene rings is 3. The molecule has 1 N–H and O–H groups in total. The smallest absolute Gasteiger partial charge is 0.145 e. The van der Waals surface area contributed by atoms with Crippen LogP contribution in [0.15, 0.2) is 91.1 Å². The molecule has 3 nitrogen and oxygen atoms in total. The second-order valence-corrected chi connectivity index (χ2v) is 6.19. The van der Waals surface area contributed by atoms with Crippen molar-refractivity contribution < 1.29 is 5.11 Å². The minimum absolute atomic E-state index is 0.165. The van der Waals surface area contributed by atoms with Crippen LogP contribution < -0.4 is 0 Å². The molecule has 0 bridgehead atoms. The van der Waals surface area contributed by atoms with E-state index in [0.29, 0.717) is 6.42 Å². The Bertz CT molecular complexity index is 974. The van der Waals surface area contributed by atoms with Gasteiger partial charge in [-0.1, -0.05) is 72.8 Å². The number of rotatable bonds is 5. The molecule has 1 heterocycles. The van der Waals surface area contributed by atoms with Gasteiger partial charge in [-0.3, -0.25) is 4.57 Å². The van der Waals surface area contributed by atoms with E-state index in [4.69, 9.17) is 10.1 Å². The normalized spacial score (nSPS) is 10.8. The maximum absolute atomic E-state index is 9.11. The van der Waals surface area contributed by atoms with Crippen molar-refractivity contribution >= 4 is 0 Å².